The average Bonchev–Trinajstić information content (AvgIpc) is 2.69. The fourth-order valence-corrected chi connectivity index (χ4v) is 2.18. The number of halogens is 1. The molecule has 0 atom stereocenters. The van der Waals surface area contributed by atoms with Gasteiger partial charge in [-0.25, -0.2) is 4.98 Å². The Bertz CT molecular complexity index is 621. The van der Waals surface area contributed by atoms with Gasteiger partial charge in [-0.15, -0.1) is 0 Å². The van der Waals surface area contributed by atoms with E-state index in [0.29, 0.717) is 17.4 Å². The van der Waals surface area contributed by atoms with Crippen LogP contribution in [-0.2, 0) is 7.05 Å². The molecule has 0 fully saturated rings. The van der Waals surface area contributed by atoms with E-state index in [2.05, 4.69) is 15.2 Å². The number of amides is 1. The Hall–Kier alpha value is -1.59. The van der Waals surface area contributed by atoms with Crippen LogP contribution < -0.4 is 5.32 Å². The zero-order chi connectivity index (χ0) is 14.7. The SMILES string of the molecule is CN(C)CCCNC(=O)c1ccc2nc(Cl)n(C)c2c1. The monoisotopic (exact) mass is 294 g/mol. The molecule has 0 saturated heterocycles. The van der Waals surface area contributed by atoms with Crippen molar-refractivity contribution >= 4 is 28.5 Å². The molecule has 0 unspecified atom stereocenters. The summed E-state index contributed by atoms with van der Waals surface area (Å²) in [4.78, 5) is 18.4. The molecule has 6 heteroatoms. The number of benzene rings is 1. The van der Waals surface area contributed by atoms with Crippen molar-refractivity contribution in [1.29, 1.82) is 0 Å². The molecule has 1 aromatic carbocycles. The van der Waals surface area contributed by atoms with Crippen molar-refractivity contribution < 1.29 is 4.79 Å². The normalized spacial score (nSPS) is 11.2. The Morgan fingerprint density at radius 2 is 2.20 bits per heavy atom. The van der Waals surface area contributed by atoms with Gasteiger partial charge in [0.25, 0.3) is 5.91 Å². The molecule has 0 aliphatic rings. The van der Waals surface area contributed by atoms with Gasteiger partial charge in [0, 0.05) is 19.2 Å². The fraction of sp³-hybridized carbons (Fsp3) is 0.429. The number of aromatic nitrogens is 2. The highest BCUT2D eigenvalue weighted by Crippen LogP contribution is 2.19. The van der Waals surface area contributed by atoms with Gasteiger partial charge in [0.15, 0.2) is 0 Å². The Balaban J connectivity index is 2.05. The lowest BCUT2D eigenvalue weighted by atomic mass is 10.2. The maximum Gasteiger partial charge on any atom is 0.251 e. The lowest BCUT2D eigenvalue weighted by Gasteiger charge is -2.10. The minimum Gasteiger partial charge on any atom is -0.352 e. The van der Waals surface area contributed by atoms with Crippen LogP contribution in [0.5, 0.6) is 0 Å². The van der Waals surface area contributed by atoms with E-state index in [-0.39, 0.29) is 5.91 Å². The van der Waals surface area contributed by atoms with Crippen LogP contribution in [-0.4, -0.2) is 47.5 Å². The van der Waals surface area contributed by atoms with Gasteiger partial charge in [0.1, 0.15) is 0 Å². The number of rotatable bonds is 5. The lowest BCUT2D eigenvalue weighted by Crippen LogP contribution is -2.27. The van der Waals surface area contributed by atoms with Gasteiger partial charge in [-0.3, -0.25) is 4.79 Å². The molecule has 0 spiro atoms. The van der Waals surface area contributed by atoms with E-state index in [1.807, 2.05) is 33.3 Å². The Morgan fingerprint density at radius 3 is 2.90 bits per heavy atom. The predicted molar refractivity (Wildman–Crippen MR) is 81.2 cm³/mol. The Kier molecular flexibility index (Phi) is 4.62. The first kappa shape index (κ1) is 14.8. The van der Waals surface area contributed by atoms with Gasteiger partial charge >= 0.3 is 0 Å². The second kappa shape index (κ2) is 6.24. The largest absolute Gasteiger partial charge is 0.352 e. The molecule has 0 bridgehead atoms. The number of imidazole rings is 1. The molecule has 20 heavy (non-hydrogen) atoms. The third-order valence-corrected chi connectivity index (χ3v) is 3.49. The van der Waals surface area contributed by atoms with Gasteiger partial charge in [-0.1, -0.05) is 0 Å². The molecule has 2 rings (SSSR count). The average molecular weight is 295 g/mol. The van der Waals surface area contributed by atoms with Crippen LogP contribution in [0.1, 0.15) is 16.8 Å². The van der Waals surface area contributed by atoms with Gasteiger partial charge in [0.05, 0.1) is 11.0 Å². The van der Waals surface area contributed by atoms with Crippen LogP contribution in [0.3, 0.4) is 0 Å². The smallest absolute Gasteiger partial charge is 0.251 e. The van der Waals surface area contributed by atoms with E-state index >= 15 is 0 Å². The number of nitrogens with zero attached hydrogens (tertiary/aromatic N) is 3. The first-order valence-corrected chi connectivity index (χ1v) is 6.91. The Morgan fingerprint density at radius 1 is 1.45 bits per heavy atom. The summed E-state index contributed by atoms with van der Waals surface area (Å²) in [6, 6.07) is 5.40. The molecule has 0 saturated carbocycles. The molecule has 1 N–H and O–H groups in total. The summed E-state index contributed by atoms with van der Waals surface area (Å²) in [7, 11) is 5.86. The number of carbonyl (C=O) groups is 1. The molecule has 5 nitrogen and oxygen atoms in total. The standard InChI is InChI=1S/C14H19ClN4O/c1-18(2)8-4-7-16-13(20)10-5-6-11-12(9-10)19(3)14(15)17-11/h5-6,9H,4,7-8H2,1-3H3,(H,16,20). The number of hydrogen-bond acceptors (Lipinski definition) is 3. The van der Waals surface area contributed by atoms with E-state index in [1.165, 1.54) is 0 Å². The van der Waals surface area contributed by atoms with Crippen molar-refractivity contribution in [3.63, 3.8) is 0 Å². The second-order valence-corrected chi connectivity index (χ2v) is 5.39. The quantitative estimate of drug-likeness (QED) is 0.857. The van der Waals surface area contributed by atoms with Crippen LogP contribution in [0.15, 0.2) is 18.2 Å². The van der Waals surface area contributed by atoms with Crippen molar-refractivity contribution in [2.24, 2.45) is 7.05 Å². The van der Waals surface area contributed by atoms with Crippen molar-refractivity contribution in [3.05, 3.63) is 29.0 Å². The molecule has 1 aromatic heterocycles. The van der Waals surface area contributed by atoms with Gasteiger partial charge in [0.2, 0.25) is 5.28 Å². The summed E-state index contributed by atoms with van der Waals surface area (Å²) in [5.41, 5.74) is 2.28. The number of carbonyl (C=O) groups excluding carboxylic acids is 1. The van der Waals surface area contributed by atoms with Gasteiger partial charge in [-0.05, 0) is 56.9 Å². The molecule has 1 heterocycles. The molecule has 2 aromatic rings. The van der Waals surface area contributed by atoms with E-state index < -0.39 is 0 Å². The lowest BCUT2D eigenvalue weighted by molar-refractivity contribution is 0.0952. The highest BCUT2D eigenvalue weighted by molar-refractivity contribution is 6.29. The predicted octanol–water partition coefficient (Wildman–Crippen LogP) is 1.91. The maximum absolute atomic E-state index is 12.1. The topological polar surface area (TPSA) is 50.2 Å². The molecule has 1 amide bonds. The summed E-state index contributed by atoms with van der Waals surface area (Å²) in [5, 5.41) is 3.34. The van der Waals surface area contributed by atoms with Crippen molar-refractivity contribution in [2.75, 3.05) is 27.2 Å². The summed E-state index contributed by atoms with van der Waals surface area (Å²) in [6.07, 6.45) is 0.929. The van der Waals surface area contributed by atoms with Crippen LogP contribution in [0, 0.1) is 0 Å². The first-order valence-electron chi connectivity index (χ1n) is 6.54. The highest BCUT2D eigenvalue weighted by atomic mass is 35.5. The molecule has 108 valence electrons. The van der Waals surface area contributed by atoms with Gasteiger partial charge in [-0.2, -0.15) is 0 Å². The molecular weight excluding hydrogens is 276 g/mol. The van der Waals surface area contributed by atoms with Crippen molar-refractivity contribution in [1.82, 2.24) is 19.8 Å². The van der Waals surface area contributed by atoms with E-state index in [1.54, 1.807) is 10.6 Å². The fourth-order valence-electron chi connectivity index (χ4n) is 2.00. The summed E-state index contributed by atoms with van der Waals surface area (Å²) in [6.45, 7) is 1.62. The number of hydrogen-bond donors (Lipinski definition) is 1. The van der Waals surface area contributed by atoms with E-state index in [4.69, 9.17) is 11.6 Å². The molecule has 0 aliphatic carbocycles. The summed E-state index contributed by atoms with van der Waals surface area (Å²) < 4.78 is 1.76. The molecule has 0 aliphatic heterocycles. The van der Waals surface area contributed by atoms with E-state index in [9.17, 15) is 4.79 Å². The summed E-state index contributed by atoms with van der Waals surface area (Å²) in [5.74, 6) is -0.0667. The first-order chi connectivity index (χ1) is 9.49. The highest BCUT2D eigenvalue weighted by Gasteiger charge is 2.10. The van der Waals surface area contributed by atoms with Crippen LogP contribution in [0.25, 0.3) is 11.0 Å². The number of aryl methyl sites for hydroxylation is 1. The zero-order valence-electron chi connectivity index (χ0n) is 12.0. The Labute approximate surface area is 123 Å². The van der Waals surface area contributed by atoms with Crippen LogP contribution in [0.4, 0.5) is 0 Å². The summed E-state index contributed by atoms with van der Waals surface area (Å²) >= 11 is 5.96. The second-order valence-electron chi connectivity index (χ2n) is 5.06. The van der Waals surface area contributed by atoms with E-state index in [0.717, 1.165) is 24.0 Å². The molecular formula is C14H19ClN4O. The third-order valence-electron chi connectivity index (χ3n) is 3.16. The van der Waals surface area contributed by atoms with Gasteiger partial charge < -0.3 is 14.8 Å². The number of nitrogens with one attached hydrogen (secondary N) is 1. The molecule has 0 radical (unpaired) electrons. The van der Waals surface area contributed by atoms with Crippen LogP contribution in [0.2, 0.25) is 5.28 Å². The minimum atomic E-state index is -0.0667. The zero-order valence-corrected chi connectivity index (χ0v) is 12.7. The minimum absolute atomic E-state index is 0.0667. The van der Waals surface area contributed by atoms with Crippen LogP contribution >= 0.6 is 11.6 Å². The number of fused-ring (bicyclic) bond motifs is 1. The maximum atomic E-state index is 12.1. The van der Waals surface area contributed by atoms with Crippen molar-refractivity contribution in [2.45, 2.75) is 6.42 Å². The third kappa shape index (κ3) is 3.29. The van der Waals surface area contributed by atoms with Crippen molar-refractivity contribution in [3.8, 4) is 0 Å².